The fraction of sp³-hybridized carbons (Fsp3) is 0.143. The van der Waals surface area contributed by atoms with E-state index in [-0.39, 0.29) is 0 Å². The molecule has 2 heterocycles. The highest BCUT2D eigenvalue weighted by molar-refractivity contribution is 9.10. The molecule has 2 aromatic rings. The first-order valence-corrected chi connectivity index (χ1v) is 4.40. The fourth-order valence-corrected chi connectivity index (χ4v) is 1.37. The van der Waals surface area contributed by atoms with Crippen LogP contribution in [0.25, 0.3) is 11.4 Å². The van der Waals surface area contributed by atoms with E-state index in [0.717, 1.165) is 10.0 Å². The summed E-state index contributed by atoms with van der Waals surface area (Å²) in [5, 5.41) is 11.2. The summed E-state index contributed by atoms with van der Waals surface area (Å²) in [6.45, 7) is 0. The second-order valence-electron chi connectivity index (χ2n) is 2.52. The summed E-state index contributed by atoms with van der Waals surface area (Å²) >= 11 is 3.33. The van der Waals surface area contributed by atoms with Crippen molar-refractivity contribution in [2.75, 3.05) is 0 Å². The molecule has 0 aliphatic heterocycles. The van der Waals surface area contributed by atoms with Gasteiger partial charge in [0.2, 0.25) is 0 Å². The van der Waals surface area contributed by atoms with Crippen molar-refractivity contribution in [3.63, 3.8) is 0 Å². The third kappa shape index (κ3) is 1.57. The van der Waals surface area contributed by atoms with Gasteiger partial charge in [-0.2, -0.15) is 0 Å². The van der Waals surface area contributed by atoms with Crippen molar-refractivity contribution in [3.05, 3.63) is 22.9 Å². The molecule has 0 saturated carbocycles. The van der Waals surface area contributed by atoms with Gasteiger partial charge in [-0.3, -0.25) is 4.98 Å². The fourth-order valence-electron chi connectivity index (χ4n) is 1.01. The predicted molar refractivity (Wildman–Crippen MR) is 49.7 cm³/mol. The summed E-state index contributed by atoms with van der Waals surface area (Å²) < 4.78 is 2.51. The van der Waals surface area contributed by atoms with Crippen molar-refractivity contribution >= 4 is 15.9 Å². The average Bonchev–Trinajstić information content (AvgIpc) is 2.51. The van der Waals surface area contributed by atoms with Crippen molar-refractivity contribution in [2.24, 2.45) is 7.05 Å². The van der Waals surface area contributed by atoms with Crippen LogP contribution in [0, 0.1) is 0 Å². The molecule has 0 spiro atoms. The first-order chi connectivity index (χ1) is 6.27. The summed E-state index contributed by atoms with van der Waals surface area (Å²) in [7, 11) is 1.79. The highest BCUT2D eigenvalue weighted by atomic mass is 79.9. The van der Waals surface area contributed by atoms with Gasteiger partial charge in [-0.15, -0.1) is 5.10 Å². The maximum atomic E-state index is 4.03. The van der Waals surface area contributed by atoms with Crippen LogP contribution in [0.5, 0.6) is 0 Å². The van der Waals surface area contributed by atoms with Gasteiger partial charge >= 0.3 is 0 Å². The summed E-state index contributed by atoms with van der Waals surface area (Å²) in [6.07, 6.45) is 3.43. The van der Waals surface area contributed by atoms with E-state index in [1.165, 1.54) is 0 Å². The van der Waals surface area contributed by atoms with E-state index in [2.05, 4.69) is 36.4 Å². The first kappa shape index (κ1) is 8.31. The van der Waals surface area contributed by atoms with E-state index in [9.17, 15) is 0 Å². The molecular formula is C7H6BrN5. The molecule has 5 nitrogen and oxygen atoms in total. The molecule has 0 N–H and O–H groups in total. The minimum Gasteiger partial charge on any atom is -0.263 e. The average molecular weight is 240 g/mol. The summed E-state index contributed by atoms with van der Waals surface area (Å²) in [4.78, 5) is 4.03. The normalized spacial score (nSPS) is 10.3. The quantitative estimate of drug-likeness (QED) is 0.747. The zero-order chi connectivity index (χ0) is 9.26. The van der Waals surface area contributed by atoms with E-state index in [0.29, 0.717) is 5.82 Å². The highest BCUT2D eigenvalue weighted by Crippen LogP contribution is 2.17. The lowest BCUT2D eigenvalue weighted by Crippen LogP contribution is -1.94. The number of aromatic nitrogens is 5. The zero-order valence-corrected chi connectivity index (χ0v) is 8.43. The molecule has 13 heavy (non-hydrogen) atoms. The van der Waals surface area contributed by atoms with E-state index in [4.69, 9.17) is 0 Å². The maximum absolute atomic E-state index is 4.03. The van der Waals surface area contributed by atoms with Gasteiger partial charge < -0.3 is 0 Å². The van der Waals surface area contributed by atoms with Crippen LogP contribution < -0.4 is 0 Å². The van der Waals surface area contributed by atoms with Gasteiger partial charge in [0.15, 0.2) is 5.82 Å². The maximum Gasteiger partial charge on any atom is 0.183 e. The van der Waals surface area contributed by atoms with Crippen LogP contribution in [0.2, 0.25) is 0 Å². The molecule has 2 rings (SSSR count). The van der Waals surface area contributed by atoms with Gasteiger partial charge in [0.25, 0.3) is 0 Å². The number of nitrogens with zero attached hydrogens (tertiary/aromatic N) is 5. The lowest BCUT2D eigenvalue weighted by atomic mass is 10.3. The Hall–Kier alpha value is -1.30. The SMILES string of the molecule is Cn1nnnc1-c1cncc(Br)c1. The van der Waals surface area contributed by atoms with Crippen LogP contribution in [0.1, 0.15) is 0 Å². The molecular weight excluding hydrogens is 234 g/mol. The van der Waals surface area contributed by atoms with Crippen LogP contribution in [-0.4, -0.2) is 25.2 Å². The molecule has 0 aliphatic carbocycles. The summed E-state index contributed by atoms with van der Waals surface area (Å²) in [5.74, 6) is 0.703. The molecule has 0 radical (unpaired) electrons. The highest BCUT2D eigenvalue weighted by Gasteiger charge is 2.05. The molecule has 66 valence electrons. The molecule has 0 fully saturated rings. The summed E-state index contributed by atoms with van der Waals surface area (Å²) in [6, 6.07) is 1.92. The van der Waals surface area contributed by atoms with Crippen molar-refractivity contribution in [2.45, 2.75) is 0 Å². The molecule has 0 amide bonds. The monoisotopic (exact) mass is 239 g/mol. The Bertz CT molecular complexity index is 424. The molecule has 0 bridgehead atoms. The predicted octanol–water partition coefficient (Wildman–Crippen LogP) is 1.03. The number of hydrogen-bond acceptors (Lipinski definition) is 4. The van der Waals surface area contributed by atoms with Crippen molar-refractivity contribution in [3.8, 4) is 11.4 Å². The Morgan fingerprint density at radius 1 is 1.38 bits per heavy atom. The van der Waals surface area contributed by atoms with Gasteiger partial charge in [-0.1, -0.05) is 0 Å². The van der Waals surface area contributed by atoms with E-state index in [1.54, 1.807) is 24.1 Å². The van der Waals surface area contributed by atoms with Gasteiger partial charge in [0.05, 0.1) is 0 Å². The van der Waals surface area contributed by atoms with Crippen LogP contribution in [0.3, 0.4) is 0 Å². The second kappa shape index (κ2) is 3.21. The van der Waals surface area contributed by atoms with Gasteiger partial charge in [0.1, 0.15) is 0 Å². The molecule has 0 unspecified atom stereocenters. The van der Waals surface area contributed by atoms with Gasteiger partial charge in [-0.25, -0.2) is 4.68 Å². The number of halogens is 1. The first-order valence-electron chi connectivity index (χ1n) is 3.60. The Morgan fingerprint density at radius 3 is 2.85 bits per heavy atom. The minimum atomic E-state index is 0.703. The lowest BCUT2D eigenvalue weighted by molar-refractivity contribution is 0.714. The Balaban J connectivity index is 2.53. The smallest absolute Gasteiger partial charge is 0.183 e. The van der Waals surface area contributed by atoms with E-state index < -0.39 is 0 Å². The Labute approximate surface area is 82.9 Å². The number of tetrazole rings is 1. The van der Waals surface area contributed by atoms with E-state index in [1.807, 2.05) is 6.07 Å². The van der Waals surface area contributed by atoms with Gasteiger partial charge in [0, 0.05) is 29.5 Å². The summed E-state index contributed by atoms with van der Waals surface area (Å²) in [5.41, 5.74) is 0.891. The number of hydrogen-bond donors (Lipinski definition) is 0. The third-order valence-electron chi connectivity index (χ3n) is 1.58. The van der Waals surface area contributed by atoms with Crippen LogP contribution >= 0.6 is 15.9 Å². The van der Waals surface area contributed by atoms with Crippen molar-refractivity contribution in [1.29, 1.82) is 0 Å². The van der Waals surface area contributed by atoms with Crippen LogP contribution in [-0.2, 0) is 7.05 Å². The molecule has 0 aliphatic rings. The number of aryl methyl sites for hydroxylation is 1. The molecule has 0 aromatic carbocycles. The van der Waals surface area contributed by atoms with Crippen molar-refractivity contribution < 1.29 is 0 Å². The lowest BCUT2D eigenvalue weighted by Gasteiger charge is -1.97. The van der Waals surface area contributed by atoms with Crippen LogP contribution in [0.15, 0.2) is 22.9 Å². The van der Waals surface area contributed by atoms with E-state index >= 15 is 0 Å². The number of rotatable bonds is 1. The zero-order valence-electron chi connectivity index (χ0n) is 6.85. The molecule has 6 heteroatoms. The van der Waals surface area contributed by atoms with Crippen molar-refractivity contribution in [1.82, 2.24) is 25.2 Å². The number of pyridine rings is 1. The Morgan fingerprint density at radius 2 is 2.23 bits per heavy atom. The van der Waals surface area contributed by atoms with Crippen LogP contribution in [0.4, 0.5) is 0 Å². The topological polar surface area (TPSA) is 56.5 Å². The second-order valence-corrected chi connectivity index (χ2v) is 3.43. The molecule has 0 saturated heterocycles. The molecule has 0 atom stereocenters. The Kier molecular flexibility index (Phi) is 2.05. The largest absolute Gasteiger partial charge is 0.263 e. The minimum absolute atomic E-state index is 0.703. The third-order valence-corrected chi connectivity index (χ3v) is 2.02. The molecule has 2 aromatic heterocycles. The van der Waals surface area contributed by atoms with Gasteiger partial charge in [-0.05, 0) is 32.4 Å². The standard InChI is InChI=1S/C7H6BrN5/c1-13-7(10-11-12-13)5-2-6(8)4-9-3-5/h2-4H,1H3.